The Morgan fingerprint density at radius 1 is 1.47 bits per heavy atom. The summed E-state index contributed by atoms with van der Waals surface area (Å²) in [5.41, 5.74) is 0. The van der Waals surface area contributed by atoms with Gasteiger partial charge in [0.2, 0.25) is 0 Å². The van der Waals surface area contributed by atoms with Crippen molar-refractivity contribution < 1.29 is 0 Å². The highest BCUT2D eigenvalue weighted by molar-refractivity contribution is 9.10. The Labute approximate surface area is 116 Å². The third-order valence-corrected chi connectivity index (χ3v) is 3.87. The van der Waals surface area contributed by atoms with E-state index in [0.717, 1.165) is 29.8 Å². The van der Waals surface area contributed by atoms with Crippen molar-refractivity contribution in [3.05, 3.63) is 16.0 Å². The molecular formula is C11H18BrClN4. The van der Waals surface area contributed by atoms with E-state index in [0.29, 0.717) is 11.2 Å². The average Bonchev–Trinajstić information content (AvgIpc) is 2.29. The van der Waals surface area contributed by atoms with Gasteiger partial charge < -0.3 is 10.2 Å². The van der Waals surface area contributed by atoms with Crippen LogP contribution in [0.25, 0.3) is 0 Å². The van der Waals surface area contributed by atoms with Crippen LogP contribution in [0.3, 0.4) is 0 Å². The molecule has 0 radical (unpaired) electrons. The number of hydrogen-bond donors (Lipinski definition) is 1. The normalized spacial score (nSPS) is 11.2. The molecule has 1 rings (SSSR count). The Bertz CT molecular complexity index is 359. The van der Waals surface area contributed by atoms with Gasteiger partial charge in [-0.15, -0.1) is 0 Å². The Hall–Kier alpha value is -0.390. The van der Waals surface area contributed by atoms with Gasteiger partial charge in [0.1, 0.15) is 17.3 Å². The Balaban J connectivity index is 2.34. The van der Waals surface area contributed by atoms with E-state index in [1.165, 1.54) is 6.33 Å². The lowest BCUT2D eigenvalue weighted by Gasteiger charge is -2.20. The van der Waals surface area contributed by atoms with Crippen molar-refractivity contribution in [3.8, 4) is 0 Å². The standard InChI is InChI=1S/C11H18BrClN4/c1-8(2)17(3)6-4-5-14-11-9(12)10(13)15-7-16-11/h7-8H,4-6H2,1-3H3,(H,14,15,16). The number of halogens is 2. The fourth-order valence-corrected chi connectivity index (χ4v) is 1.74. The van der Waals surface area contributed by atoms with Crippen molar-refractivity contribution in [2.24, 2.45) is 0 Å². The first-order chi connectivity index (χ1) is 8.02. The van der Waals surface area contributed by atoms with Gasteiger partial charge in [0.15, 0.2) is 0 Å². The second-order valence-electron chi connectivity index (χ2n) is 4.18. The fourth-order valence-electron chi connectivity index (χ4n) is 1.27. The molecule has 1 N–H and O–H groups in total. The molecule has 0 aliphatic carbocycles. The maximum absolute atomic E-state index is 5.87. The molecule has 0 saturated carbocycles. The summed E-state index contributed by atoms with van der Waals surface area (Å²) < 4.78 is 0.721. The van der Waals surface area contributed by atoms with Crippen LogP contribution in [0.5, 0.6) is 0 Å². The first-order valence-corrected chi connectivity index (χ1v) is 6.79. The lowest BCUT2D eigenvalue weighted by molar-refractivity contribution is 0.273. The van der Waals surface area contributed by atoms with E-state index in [9.17, 15) is 0 Å². The van der Waals surface area contributed by atoms with Gasteiger partial charge in [0, 0.05) is 12.6 Å². The van der Waals surface area contributed by atoms with Crippen LogP contribution in [0.1, 0.15) is 20.3 Å². The SMILES string of the molecule is CC(C)N(C)CCCNc1ncnc(Cl)c1Br. The highest BCUT2D eigenvalue weighted by atomic mass is 79.9. The lowest BCUT2D eigenvalue weighted by Crippen LogP contribution is -2.28. The molecule has 1 aromatic rings. The molecule has 1 aromatic heterocycles. The summed E-state index contributed by atoms with van der Waals surface area (Å²) in [5, 5.41) is 3.67. The largest absolute Gasteiger partial charge is 0.369 e. The monoisotopic (exact) mass is 320 g/mol. The van der Waals surface area contributed by atoms with E-state index in [1.807, 2.05) is 0 Å². The Kier molecular flexibility index (Phi) is 6.16. The van der Waals surface area contributed by atoms with Gasteiger partial charge in [0.05, 0.1) is 4.47 Å². The number of rotatable bonds is 6. The molecule has 0 aliphatic rings. The number of anilines is 1. The van der Waals surface area contributed by atoms with E-state index < -0.39 is 0 Å². The van der Waals surface area contributed by atoms with E-state index in [4.69, 9.17) is 11.6 Å². The Morgan fingerprint density at radius 3 is 2.82 bits per heavy atom. The maximum atomic E-state index is 5.87. The summed E-state index contributed by atoms with van der Waals surface area (Å²) in [4.78, 5) is 10.3. The quantitative estimate of drug-likeness (QED) is 0.646. The molecule has 96 valence electrons. The smallest absolute Gasteiger partial charge is 0.148 e. The number of hydrogen-bond acceptors (Lipinski definition) is 4. The first-order valence-electron chi connectivity index (χ1n) is 5.62. The van der Waals surface area contributed by atoms with E-state index >= 15 is 0 Å². The number of nitrogens with zero attached hydrogens (tertiary/aromatic N) is 3. The molecule has 17 heavy (non-hydrogen) atoms. The number of nitrogens with one attached hydrogen (secondary N) is 1. The van der Waals surface area contributed by atoms with Crippen molar-refractivity contribution in [2.45, 2.75) is 26.3 Å². The van der Waals surface area contributed by atoms with E-state index in [1.54, 1.807) is 0 Å². The minimum absolute atomic E-state index is 0.432. The minimum Gasteiger partial charge on any atom is -0.369 e. The van der Waals surface area contributed by atoms with Crippen LogP contribution in [-0.2, 0) is 0 Å². The summed E-state index contributed by atoms with van der Waals surface area (Å²) in [6.07, 6.45) is 2.51. The second kappa shape index (κ2) is 7.13. The molecule has 0 aliphatic heterocycles. The summed E-state index contributed by atoms with van der Waals surface area (Å²) >= 11 is 9.23. The zero-order chi connectivity index (χ0) is 12.8. The van der Waals surface area contributed by atoms with Gasteiger partial charge in [-0.25, -0.2) is 9.97 Å². The average molecular weight is 322 g/mol. The third-order valence-electron chi connectivity index (χ3n) is 2.61. The van der Waals surface area contributed by atoms with Crippen molar-refractivity contribution >= 4 is 33.3 Å². The molecule has 0 unspecified atom stereocenters. The molecule has 0 saturated heterocycles. The predicted octanol–water partition coefficient (Wildman–Crippen LogP) is 3.03. The van der Waals surface area contributed by atoms with Gasteiger partial charge in [-0.2, -0.15) is 0 Å². The maximum Gasteiger partial charge on any atom is 0.148 e. The summed E-state index contributed by atoms with van der Waals surface area (Å²) in [7, 11) is 2.13. The molecule has 0 atom stereocenters. The van der Waals surface area contributed by atoms with E-state index in [2.05, 4.69) is 57.0 Å². The van der Waals surface area contributed by atoms with Crippen LogP contribution < -0.4 is 5.32 Å². The van der Waals surface area contributed by atoms with Crippen LogP contribution in [0.4, 0.5) is 5.82 Å². The molecule has 0 spiro atoms. The van der Waals surface area contributed by atoms with Crippen LogP contribution in [0.2, 0.25) is 5.15 Å². The molecule has 0 aromatic carbocycles. The minimum atomic E-state index is 0.432. The van der Waals surface area contributed by atoms with Crippen LogP contribution in [0.15, 0.2) is 10.8 Å². The van der Waals surface area contributed by atoms with E-state index in [-0.39, 0.29) is 0 Å². The van der Waals surface area contributed by atoms with Gasteiger partial charge in [-0.05, 0) is 49.8 Å². The predicted molar refractivity (Wildman–Crippen MR) is 75.6 cm³/mol. The molecule has 1 heterocycles. The first kappa shape index (κ1) is 14.7. The van der Waals surface area contributed by atoms with Crippen LogP contribution in [-0.4, -0.2) is 41.0 Å². The topological polar surface area (TPSA) is 41.0 Å². The molecule has 0 fully saturated rings. The highest BCUT2D eigenvalue weighted by Crippen LogP contribution is 2.25. The van der Waals surface area contributed by atoms with Gasteiger partial charge in [0.25, 0.3) is 0 Å². The molecule has 4 nitrogen and oxygen atoms in total. The van der Waals surface area contributed by atoms with Crippen molar-refractivity contribution in [1.82, 2.24) is 14.9 Å². The van der Waals surface area contributed by atoms with Gasteiger partial charge >= 0.3 is 0 Å². The highest BCUT2D eigenvalue weighted by Gasteiger charge is 2.06. The summed E-state index contributed by atoms with van der Waals surface area (Å²) in [6.45, 7) is 6.30. The molecule has 6 heteroatoms. The molecule has 0 bridgehead atoms. The third kappa shape index (κ3) is 4.77. The zero-order valence-electron chi connectivity index (χ0n) is 10.4. The van der Waals surface area contributed by atoms with Crippen molar-refractivity contribution in [2.75, 3.05) is 25.5 Å². The van der Waals surface area contributed by atoms with Gasteiger partial charge in [-0.1, -0.05) is 11.6 Å². The van der Waals surface area contributed by atoms with Crippen molar-refractivity contribution in [1.29, 1.82) is 0 Å². The summed E-state index contributed by atoms with van der Waals surface area (Å²) in [5.74, 6) is 0.747. The number of aromatic nitrogens is 2. The van der Waals surface area contributed by atoms with Crippen molar-refractivity contribution in [3.63, 3.8) is 0 Å². The van der Waals surface area contributed by atoms with Gasteiger partial charge in [-0.3, -0.25) is 0 Å². The van der Waals surface area contributed by atoms with Crippen LogP contribution >= 0.6 is 27.5 Å². The zero-order valence-corrected chi connectivity index (χ0v) is 12.7. The van der Waals surface area contributed by atoms with Crippen LogP contribution in [0, 0.1) is 0 Å². The molecule has 0 amide bonds. The summed E-state index contributed by atoms with van der Waals surface area (Å²) in [6, 6.07) is 0.579. The lowest BCUT2D eigenvalue weighted by atomic mass is 10.3. The Morgan fingerprint density at radius 2 is 2.18 bits per heavy atom. The molecular weight excluding hydrogens is 304 g/mol. The second-order valence-corrected chi connectivity index (χ2v) is 5.33. The fraction of sp³-hybridized carbons (Fsp3) is 0.636.